The molecule has 8 heteroatoms. The molecule has 108 valence electrons. The minimum atomic E-state index is -3.82. The topological polar surface area (TPSA) is 82.8 Å². The Labute approximate surface area is 135 Å². The zero-order valence-electron chi connectivity index (χ0n) is 10.8. The van der Waals surface area contributed by atoms with Crippen LogP contribution < -0.4 is 4.72 Å². The SMILES string of the molecule is Cc1ccnc(Br)c1NS(=O)(=O)c1ccc(C#N)c(Cl)c1. The van der Waals surface area contributed by atoms with E-state index < -0.39 is 10.0 Å². The highest BCUT2D eigenvalue weighted by atomic mass is 79.9. The molecular weight excluding hydrogens is 378 g/mol. The summed E-state index contributed by atoms with van der Waals surface area (Å²) in [5.41, 5.74) is 1.30. The minimum Gasteiger partial charge on any atom is -0.277 e. The molecule has 0 saturated carbocycles. The number of sulfonamides is 1. The zero-order valence-corrected chi connectivity index (χ0v) is 13.9. The van der Waals surface area contributed by atoms with Gasteiger partial charge >= 0.3 is 0 Å². The first-order valence-electron chi connectivity index (χ1n) is 5.69. The standard InChI is InChI=1S/C13H9BrClN3O2S/c1-8-4-5-17-13(14)12(8)18-21(19,20)10-3-2-9(7-16)11(15)6-10/h2-6,18H,1H3. The van der Waals surface area contributed by atoms with Crippen molar-refractivity contribution < 1.29 is 8.42 Å². The number of nitrogens with zero attached hydrogens (tertiary/aromatic N) is 2. The van der Waals surface area contributed by atoms with Crippen molar-refractivity contribution >= 4 is 43.2 Å². The van der Waals surface area contributed by atoms with Crippen LogP contribution in [-0.2, 0) is 10.0 Å². The van der Waals surface area contributed by atoms with Crippen molar-refractivity contribution in [2.24, 2.45) is 0 Å². The molecule has 21 heavy (non-hydrogen) atoms. The van der Waals surface area contributed by atoms with E-state index in [2.05, 4.69) is 25.6 Å². The quantitative estimate of drug-likeness (QED) is 0.819. The first-order chi connectivity index (χ1) is 9.85. The van der Waals surface area contributed by atoms with Gasteiger partial charge in [0.15, 0.2) is 0 Å². The summed E-state index contributed by atoms with van der Waals surface area (Å²) in [7, 11) is -3.82. The lowest BCUT2D eigenvalue weighted by Gasteiger charge is -2.12. The van der Waals surface area contributed by atoms with Crippen LogP contribution in [-0.4, -0.2) is 13.4 Å². The van der Waals surface area contributed by atoms with E-state index in [1.54, 1.807) is 19.2 Å². The van der Waals surface area contributed by atoms with E-state index in [9.17, 15) is 8.42 Å². The number of pyridine rings is 1. The van der Waals surface area contributed by atoms with Gasteiger partial charge in [-0.05, 0) is 52.7 Å². The second kappa shape index (κ2) is 6.02. The molecule has 0 saturated heterocycles. The number of aromatic nitrogens is 1. The lowest BCUT2D eigenvalue weighted by Crippen LogP contribution is -2.14. The Hall–Kier alpha value is -1.62. The fourth-order valence-electron chi connectivity index (χ4n) is 1.59. The lowest BCUT2D eigenvalue weighted by atomic mass is 10.2. The van der Waals surface area contributed by atoms with E-state index in [4.69, 9.17) is 16.9 Å². The summed E-state index contributed by atoms with van der Waals surface area (Å²) in [5, 5.41) is 8.89. The molecule has 0 unspecified atom stereocenters. The van der Waals surface area contributed by atoms with Crippen molar-refractivity contribution in [2.45, 2.75) is 11.8 Å². The Morgan fingerprint density at radius 3 is 2.67 bits per heavy atom. The smallest absolute Gasteiger partial charge is 0.262 e. The molecule has 1 aromatic carbocycles. The number of halogens is 2. The highest BCUT2D eigenvalue weighted by Gasteiger charge is 2.18. The molecule has 0 aliphatic rings. The molecule has 0 bridgehead atoms. The first-order valence-corrected chi connectivity index (χ1v) is 8.34. The molecule has 2 aromatic rings. The minimum absolute atomic E-state index is 0.0262. The predicted molar refractivity (Wildman–Crippen MR) is 83.6 cm³/mol. The lowest BCUT2D eigenvalue weighted by molar-refractivity contribution is 0.601. The summed E-state index contributed by atoms with van der Waals surface area (Å²) in [6.45, 7) is 1.76. The highest BCUT2D eigenvalue weighted by molar-refractivity contribution is 9.10. The number of hydrogen-bond donors (Lipinski definition) is 1. The van der Waals surface area contributed by atoms with Crippen LogP contribution in [0.3, 0.4) is 0 Å². The van der Waals surface area contributed by atoms with E-state index in [0.29, 0.717) is 10.3 Å². The molecule has 0 atom stereocenters. The van der Waals surface area contributed by atoms with Crippen LogP contribution in [0.4, 0.5) is 5.69 Å². The summed E-state index contributed by atoms with van der Waals surface area (Å²) in [5.74, 6) is 0. The van der Waals surface area contributed by atoms with Gasteiger partial charge in [-0.1, -0.05) is 11.6 Å². The fourth-order valence-corrected chi connectivity index (χ4v) is 3.71. The fraction of sp³-hybridized carbons (Fsp3) is 0.0769. The Balaban J connectivity index is 2.44. The van der Waals surface area contributed by atoms with E-state index in [1.807, 2.05) is 6.07 Å². The number of nitrogens with one attached hydrogen (secondary N) is 1. The molecule has 1 N–H and O–H groups in total. The normalized spacial score (nSPS) is 11.0. The van der Waals surface area contributed by atoms with Crippen molar-refractivity contribution in [1.82, 2.24) is 4.98 Å². The molecule has 1 heterocycles. The van der Waals surface area contributed by atoms with Gasteiger partial charge in [0, 0.05) is 6.20 Å². The highest BCUT2D eigenvalue weighted by Crippen LogP contribution is 2.27. The van der Waals surface area contributed by atoms with Crippen LogP contribution in [0.15, 0.2) is 40.0 Å². The van der Waals surface area contributed by atoms with Crippen LogP contribution in [0, 0.1) is 18.3 Å². The number of anilines is 1. The summed E-state index contributed by atoms with van der Waals surface area (Å²) in [4.78, 5) is 3.96. The Kier molecular flexibility index (Phi) is 4.52. The van der Waals surface area contributed by atoms with Crippen LogP contribution in [0.25, 0.3) is 0 Å². The molecule has 0 amide bonds. The third kappa shape index (κ3) is 3.35. The Morgan fingerprint density at radius 2 is 2.10 bits per heavy atom. The van der Waals surface area contributed by atoms with Gasteiger partial charge in [-0.3, -0.25) is 4.72 Å². The Bertz CT molecular complexity index is 827. The maximum atomic E-state index is 12.4. The third-order valence-electron chi connectivity index (χ3n) is 2.72. The maximum absolute atomic E-state index is 12.4. The predicted octanol–water partition coefficient (Wildman–Crippen LogP) is 3.48. The van der Waals surface area contributed by atoms with Gasteiger partial charge in [-0.15, -0.1) is 0 Å². The maximum Gasteiger partial charge on any atom is 0.262 e. The first kappa shape index (κ1) is 15.8. The summed E-state index contributed by atoms with van der Waals surface area (Å²) < 4.78 is 27.6. The number of aryl methyl sites for hydroxylation is 1. The molecule has 5 nitrogen and oxygen atoms in total. The van der Waals surface area contributed by atoms with Crippen molar-refractivity contribution in [3.8, 4) is 6.07 Å². The van der Waals surface area contributed by atoms with Gasteiger partial charge in [0.25, 0.3) is 10.0 Å². The second-order valence-electron chi connectivity index (χ2n) is 4.15. The van der Waals surface area contributed by atoms with Gasteiger partial charge in [0.2, 0.25) is 0 Å². The molecule has 0 aliphatic heterocycles. The number of rotatable bonds is 3. The van der Waals surface area contributed by atoms with Crippen molar-refractivity contribution in [3.63, 3.8) is 0 Å². The van der Waals surface area contributed by atoms with E-state index in [0.717, 1.165) is 5.56 Å². The van der Waals surface area contributed by atoms with Crippen LogP contribution in [0.5, 0.6) is 0 Å². The van der Waals surface area contributed by atoms with Crippen molar-refractivity contribution in [1.29, 1.82) is 5.26 Å². The number of hydrogen-bond acceptors (Lipinski definition) is 4. The molecule has 0 fully saturated rings. The second-order valence-corrected chi connectivity index (χ2v) is 6.99. The van der Waals surface area contributed by atoms with E-state index >= 15 is 0 Å². The van der Waals surface area contributed by atoms with Crippen LogP contribution >= 0.6 is 27.5 Å². The average Bonchev–Trinajstić information content (AvgIpc) is 2.43. The molecule has 2 rings (SSSR count). The molecule has 0 radical (unpaired) electrons. The average molecular weight is 387 g/mol. The van der Waals surface area contributed by atoms with E-state index in [-0.39, 0.29) is 15.5 Å². The van der Waals surface area contributed by atoms with E-state index in [1.165, 1.54) is 18.2 Å². The Morgan fingerprint density at radius 1 is 1.38 bits per heavy atom. The van der Waals surface area contributed by atoms with Gasteiger partial charge in [0.05, 0.1) is 21.2 Å². The molecule has 0 aliphatic carbocycles. The molecular formula is C13H9BrClN3O2S. The zero-order chi connectivity index (χ0) is 15.6. The molecule has 0 spiro atoms. The largest absolute Gasteiger partial charge is 0.277 e. The van der Waals surface area contributed by atoms with Gasteiger partial charge in [0.1, 0.15) is 10.7 Å². The summed E-state index contributed by atoms with van der Waals surface area (Å²) in [6.07, 6.45) is 1.57. The van der Waals surface area contributed by atoms with Gasteiger partial charge < -0.3 is 0 Å². The van der Waals surface area contributed by atoms with Crippen molar-refractivity contribution in [2.75, 3.05) is 4.72 Å². The monoisotopic (exact) mass is 385 g/mol. The summed E-state index contributed by atoms with van der Waals surface area (Å²) >= 11 is 9.07. The number of benzene rings is 1. The van der Waals surface area contributed by atoms with Crippen LogP contribution in [0.1, 0.15) is 11.1 Å². The van der Waals surface area contributed by atoms with Crippen molar-refractivity contribution in [3.05, 3.63) is 51.2 Å². The third-order valence-corrected chi connectivity index (χ3v) is 4.98. The van der Waals surface area contributed by atoms with Crippen LogP contribution in [0.2, 0.25) is 5.02 Å². The van der Waals surface area contributed by atoms with Gasteiger partial charge in [-0.2, -0.15) is 5.26 Å². The van der Waals surface area contributed by atoms with Gasteiger partial charge in [-0.25, -0.2) is 13.4 Å². The summed E-state index contributed by atoms with van der Waals surface area (Å²) in [6, 6.07) is 7.49. The molecule has 1 aromatic heterocycles. The number of nitriles is 1.